The van der Waals surface area contributed by atoms with E-state index in [4.69, 9.17) is 4.74 Å². The lowest BCUT2D eigenvalue weighted by molar-refractivity contribution is 0.176. The molecule has 0 spiro atoms. The molecular formula is C21H25NO2. The first kappa shape index (κ1) is 18.1. The SMILES string of the molecule is COCCCCC(O)C=Cc1ccc(C=Cc2cccnc2)cc1. The van der Waals surface area contributed by atoms with Gasteiger partial charge in [0.2, 0.25) is 0 Å². The maximum atomic E-state index is 9.93. The summed E-state index contributed by atoms with van der Waals surface area (Å²) in [4.78, 5) is 4.09. The van der Waals surface area contributed by atoms with Gasteiger partial charge in [0.1, 0.15) is 0 Å². The number of aliphatic hydroxyl groups is 1. The molecule has 0 aliphatic rings. The van der Waals surface area contributed by atoms with E-state index in [0.29, 0.717) is 0 Å². The van der Waals surface area contributed by atoms with Gasteiger partial charge >= 0.3 is 0 Å². The number of pyridine rings is 1. The van der Waals surface area contributed by atoms with Gasteiger partial charge in [-0.1, -0.05) is 54.6 Å². The van der Waals surface area contributed by atoms with E-state index >= 15 is 0 Å². The van der Waals surface area contributed by atoms with Crippen LogP contribution in [0.5, 0.6) is 0 Å². The Kier molecular flexibility index (Phi) is 7.94. The minimum Gasteiger partial charge on any atom is -0.389 e. The molecule has 0 amide bonds. The molecule has 1 aromatic carbocycles. The molecule has 1 N–H and O–H groups in total. The minimum atomic E-state index is -0.396. The van der Waals surface area contributed by atoms with Crippen LogP contribution in [0.4, 0.5) is 0 Å². The smallest absolute Gasteiger partial charge is 0.0724 e. The largest absolute Gasteiger partial charge is 0.389 e. The zero-order chi connectivity index (χ0) is 17.0. The summed E-state index contributed by atoms with van der Waals surface area (Å²) in [6, 6.07) is 12.2. The Labute approximate surface area is 144 Å². The van der Waals surface area contributed by atoms with Crippen molar-refractivity contribution < 1.29 is 9.84 Å². The number of hydrogen-bond donors (Lipinski definition) is 1. The number of ether oxygens (including phenoxy) is 1. The maximum absolute atomic E-state index is 9.93. The van der Waals surface area contributed by atoms with E-state index in [2.05, 4.69) is 35.3 Å². The van der Waals surface area contributed by atoms with Gasteiger partial charge < -0.3 is 9.84 Å². The highest BCUT2D eigenvalue weighted by molar-refractivity contribution is 5.69. The first-order valence-electron chi connectivity index (χ1n) is 8.31. The quantitative estimate of drug-likeness (QED) is 0.694. The van der Waals surface area contributed by atoms with E-state index in [1.54, 1.807) is 13.3 Å². The van der Waals surface area contributed by atoms with Gasteiger partial charge in [0, 0.05) is 26.1 Å². The highest BCUT2D eigenvalue weighted by atomic mass is 16.5. The summed E-state index contributed by atoms with van der Waals surface area (Å²) in [5, 5.41) is 9.93. The Morgan fingerprint density at radius 3 is 2.38 bits per heavy atom. The second-order valence-corrected chi connectivity index (χ2v) is 5.70. The third kappa shape index (κ3) is 6.90. The van der Waals surface area contributed by atoms with Crippen LogP contribution < -0.4 is 0 Å². The van der Waals surface area contributed by atoms with E-state index in [0.717, 1.165) is 42.6 Å². The molecule has 0 aliphatic heterocycles. The van der Waals surface area contributed by atoms with Crippen LogP contribution >= 0.6 is 0 Å². The van der Waals surface area contributed by atoms with Crippen molar-refractivity contribution in [3.05, 3.63) is 71.6 Å². The van der Waals surface area contributed by atoms with Crippen molar-refractivity contribution in [1.29, 1.82) is 0 Å². The summed E-state index contributed by atoms with van der Waals surface area (Å²) in [7, 11) is 1.70. The van der Waals surface area contributed by atoms with Crippen LogP contribution in [0, 0.1) is 0 Å². The standard InChI is InChI=1S/C21H25NO2/c1-24-16-3-2-6-21(23)14-13-19-9-7-18(8-10-19)11-12-20-5-4-15-22-17-20/h4-5,7-15,17,21,23H,2-3,6,16H2,1H3. The third-order valence-electron chi connectivity index (χ3n) is 3.70. The lowest BCUT2D eigenvalue weighted by Crippen LogP contribution is -2.02. The molecule has 3 heteroatoms. The van der Waals surface area contributed by atoms with Crippen LogP contribution in [0.1, 0.15) is 36.0 Å². The van der Waals surface area contributed by atoms with Crippen LogP contribution in [0.25, 0.3) is 18.2 Å². The van der Waals surface area contributed by atoms with E-state index in [-0.39, 0.29) is 0 Å². The van der Waals surface area contributed by atoms with Crippen molar-refractivity contribution in [2.75, 3.05) is 13.7 Å². The molecule has 0 saturated heterocycles. The molecule has 24 heavy (non-hydrogen) atoms. The number of methoxy groups -OCH3 is 1. The molecule has 1 unspecified atom stereocenters. The van der Waals surface area contributed by atoms with Crippen LogP contribution in [0.3, 0.4) is 0 Å². The average molecular weight is 323 g/mol. The normalized spacial score (nSPS) is 12.9. The zero-order valence-electron chi connectivity index (χ0n) is 14.1. The first-order valence-corrected chi connectivity index (χ1v) is 8.31. The lowest BCUT2D eigenvalue weighted by atomic mass is 10.1. The Hall–Kier alpha value is -2.23. The number of rotatable bonds is 9. The maximum Gasteiger partial charge on any atom is 0.0724 e. The van der Waals surface area contributed by atoms with Gasteiger partial charge in [-0.3, -0.25) is 4.98 Å². The van der Waals surface area contributed by atoms with Crippen molar-refractivity contribution in [3.63, 3.8) is 0 Å². The fourth-order valence-corrected chi connectivity index (χ4v) is 2.30. The number of benzene rings is 1. The van der Waals surface area contributed by atoms with Crippen molar-refractivity contribution in [2.24, 2.45) is 0 Å². The molecule has 0 aliphatic carbocycles. The molecule has 0 radical (unpaired) electrons. The van der Waals surface area contributed by atoms with Crippen LogP contribution in [-0.2, 0) is 4.74 Å². The van der Waals surface area contributed by atoms with E-state index in [9.17, 15) is 5.11 Å². The minimum absolute atomic E-state index is 0.396. The molecule has 2 rings (SSSR count). The number of nitrogens with zero attached hydrogens (tertiary/aromatic N) is 1. The van der Waals surface area contributed by atoms with E-state index in [1.807, 2.05) is 36.6 Å². The Balaban J connectivity index is 1.83. The highest BCUT2D eigenvalue weighted by Crippen LogP contribution is 2.11. The van der Waals surface area contributed by atoms with Gasteiger partial charge in [-0.2, -0.15) is 0 Å². The number of hydrogen-bond acceptors (Lipinski definition) is 3. The summed E-state index contributed by atoms with van der Waals surface area (Å²) >= 11 is 0. The number of aromatic nitrogens is 1. The second-order valence-electron chi connectivity index (χ2n) is 5.70. The van der Waals surface area contributed by atoms with Gasteiger partial charge in [-0.25, -0.2) is 0 Å². The first-order chi connectivity index (χ1) is 11.8. The van der Waals surface area contributed by atoms with Gasteiger partial charge in [0.15, 0.2) is 0 Å². The molecular weight excluding hydrogens is 298 g/mol. The third-order valence-corrected chi connectivity index (χ3v) is 3.70. The van der Waals surface area contributed by atoms with E-state index < -0.39 is 6.10 Å². The topological polar surface area (TPSA) is 42.4 Å². The average Bonchev–Trinajstić information content (AvgIpc) is 2.63. The van der Waals surface area contributed by atoms with Crippen molar-refractivity contribution in [3.8, 4) is 0 Å². The summed E-state index contributed by atoms with van der Waals surface area (Å²) < 4.78 is 5.00. The van der Waals surface area contributed by atoms with Crippen molar-refractivity contribution >= 4 is 18.2 Å². The summed E-state index contributed by atoms with van der Waals surface area (Å²) in [5.74, 6) is 0. The van der Waals surface area contributed by atoms with Gasteiger partial charge in [-0.15, -0.1) is 0 Å². The number of aliphatic hydroxyl groups excluding tert-OH is 1. The predicted molar refractivity (Wildman–Crippen MR) is 100 cm³/mol. The van der Waals surface area contributed by atoms with Gasteiger partial charge in [0.05, 0.1) is 6.10 Å². The predicted octanol–water partition coefficient (Wildman–Crippen LogP) is 4.44. The molecule has 126 valence electrons. The Morgan fingerprint density at radius 2 is 1.71 bits per heavy atom. The zero-order valence-corrected chi connectivity index (χ0v) is 14.1. The molecule has 2 aromatic rings. The van der Waals surface area contributed by atoms with Crippen molar-refractivity contribution in [1.82, 2.24) is 4.98 Å². The molecule has 0 saturated carbocycles. The fourth-order valence-electron chi connectivity index (χ4n) is 2.30. The van der Waals surface area contributed by atoms with Crippen LogP contribution in [0.15, 0.2) is 54.9 Å². The van der Waals surface area contributed by atoms with Crippen molar-refractivity contribution in [2.45, 2.75) is 25.4 Å². The van der Waals surface area contributed by atoms with Crippen LogP contribution in [-0.4, -0.2) is 29.9 Å². The Bertz CT molecular complexity index is 633. The molecule has 0 fully saturated rings. The molecule has 1 atom stereocenters. The van der Waals surface area contributed by atoms with Gasteiger partial charge in [-0.05, 0) is 42.0 Å². The summed E-state index contributed by atoms with van der Waals surface area (Å²) in [6.07, 6.45) is 13.9. The molecule has 3 nitrogen and oxygen atoms in total. The van der Waals surface area contributed by atoms with Crippen LogP contribution in [0.2, 0.25) is 0 Å². The Morgan fingerprint density at radius 1 is 1.00 bits per heavy atom. The molecule has 0 bridgehead atoms. The summed E-state index contributed by atoms with van der Waals surface area (Å²) in [5.41, 5.74) is 3.30. The fraction of sp³-hybridized carbons (Fsp3) is 0.286. The molecule has 1 heterocycles. The number of unbranched alkanes of at least 4 members (excludes halogenated alkanes) is 1. The molecule has 1 aromatic heterocycles. The monoisotopic (exact) mass is 323 g/mol. The lowest BCUT2D eigenvalue weighted by Gasteiger charge is -2.05. The van der Waals surface area contributed by atoms with E-state index in [1.165, 1.54) is 0 Å². The van der Waals surface area contributed by atoms with Gasteiger partial charge in [0.25, 0.3) is 0 Å². The highest BCUT2D eigenvalue weighted by Gasteiger charge is 1.99. The summed E-state index contributed by atoms with van der Waals surface area (Å²) in [6.45, 7) is 0.754. The second kappa shape index (κ2) is 10.5.